The van der Waals surface area contributed by atoms with Crippen molar-refractivity contribution < 1.29 is 18.0 Å². The van der Waals surface area contributed by atoms with Crippen molar-refractivity contribution in [2.75, 3.05) is 0 Å². The first kappa shape index (κ1) is 27.1. The van der Waals surface area contributed by atoms with Crippen molar-refractivity contribution >= 4 is 17.4 Å². The van der Waals surface area contributed by atoms with Gasteiger partial charge in [-0.1, -0.05) is 45.7 Å². The molecule has 10 heteroatoms. The van der Waals surface area contributed by atoms with E-state index in [2.05, 4.69) is 23.9 Å². The maximum absolute atomic E-state index is 12.8. The fourth-order valence-electron chi connectivity index (χ4n) is 2.48. The van der Waals surface area contributed by atoms with E-state index in [0.29, 0.717) is 5.56 Å². The summed E-state index contributed by atoms with van der Waals surface area (Å²) in [6.45, 7) is 9.27. The zero-order chi connectivity index (χ0) is 24.5. The fourth-order valence-corrected chi connectivity index (χ4v) is 2.69. The molecule has 0 spiro atoms. The summed E-state index contributed by atoms with van der Waals surface area (Å²) in [7, 11) is 0. The predicted octanol–water partition coefficient (Wildman–Crippen LogP) is 5.80. The van der Waals surface area contributed by atoms with Crippen LogP contribution in [0, 0.1) is 0 Å². The van der Waals surface area contributed by atoms with Crippen LogP contribution in [0.5, 0.6) is 0 Å². The number of aromatic nitrogens is 4. The Morgan fingerprint density at radius 3 is 2.12 bits per heavy atom. The van der Waals surface area contributed by atoms with Crippen LogP contribution in [0.15, 0.2) is 47.5 Å². The maximum Gasteiger partial charge on any atom is 0.416 e. The second kappa shape index (κ2) is 12.2. The molecule has 0 N–H and O–H groups in total. The van der Waals surface area contributed by atoms with Crippen molar-refractivity contribution in [2.24, 2.45) is 0 Å². The molecule has 2 heterocycles. The first-order valence-corrected chi connectivity index (χ1v) is 10.4. The minimum Gasteiger partial charge on any atom is -0.298 e. The van der Waals surface area contributed by atoms with Crippen molar-refractivity contribution in [1.29, 1.82) is 0 Å². The fraction of sp³-hybridized carbons (Fsp3) is 0.364. The van der Waals surface area contributed by atoms with Gasteiger partial charge in [0.15, 0.2) is 11.6 Å². The van der Waals surface area contributed by atoms with Crippen LogP contribution >= 0.6 is 11.6 Å². The van der Waals surface area contributed by atoms with E-state index in [1.165, 1.54) is 31.8 Å². The van der Waals surface area contributed by atoms with E-state index >= 15 is 0 Å². The van der Waals surface area contributed by atoms with Gasteiger partial charge in [0.25, 0.3) is 0 Å². The van der Waals surface area contributed by atoms with Gasteiger partial charge in [0.1, 0.15) is 6.54 Å². The number of halogens is 4. The van der Waals surface area contributed by atoms with E-state index in [0.717, 1.165) is 33.5 Å². The van der Waals surface area contributed by atoms with Crippen LogP contribution < -0.4 is 5.69 Å². The highest BCUT2D eigenvalue weighted by atomic mass is 35.5. The summed E-state index contributed by atoms with van der Waals surface area (Å²) in [4.78, 5) is 28.0. The van der Waals surface area contributed by atoms with Crippen LogP contribution in [0.4, 0.5) is 13.2 Å². The molecular formula is C22H26ClF3N4O2. The summed E-state index contributed by atoms with van der Waals surface area (Å²) < 4.78 is 40.4. The van der Waals surface area contributed by atoms with E-state index in [1.54, 1.807) is 0 Å². The first-order chi connectivity index (χ1) is 15.1. The molecule has 0 atom stereocenters. The van der Waals surface area contributed by atoms with Gasteiger partial charge in [0.05, 0.1) is 16.3 Å². The van der Waals surface area contributed by atoms with Crippen LogP contribution in [-0.2, 0) is 17.5 Å². The molecule has 2 aromatic heterocycles. The summed E-state index contributed by atoms with van der Waals surface area (Å²) in [6.07, 6.45) is -0.464. The lowest BCUT2D eigenvalue weighted by atomic mass is 10.2. The van der Waals surface area contributed by atoms with Crippen LogP contribution in [0.3, 0.4) is 0 Å². The molecule has 0 saturated carbocycles. The summed E-state index contributed by atoms with van der Waals surface area (Å²) in [5, 5.41) is 4.34. The SMILES string of the molecule is CC.CC(=O)Cn1nc(-c2ccncc2Cl)n(-c2ccc(C(F)(F)F)cc2)c1=O.CCC. The summed E-state index contributed by atoms with van der Waals surface area (Å²) in [5.74, 6) is -0.213. The molecular weight excluding hydrogens is 445 g/mol. The van der Waals surface area contributed by atoms with E-state index in [-0.39, 0.29) is 28.9 Å². The van der Waals surface area contributed by atoms with Crippen molar-refractivity contribution in [1.82, 2.24) is 19.3 Å². The lowest BCUT2D eigenvalue weighted by Crippen LogP contribution is -2.26. The Morgan fingerprint density at radius 1 is 1.09 bits per heavy atom. The highest BCUT2D eigenvalue weighted by Crippen LogP contribution is 2.31. The number of alkyl halides is 3. The molecule has 32 heavy (non-hydrogen) atoms. The van der Waals surface area contributed by atoms with E-state index < -0.39 is 17.4 Å². The number of nitrogens with zero attached hydrogens (tertiary/aromatic N) is 4. The average molecular weight is 471 g/mol. The van der Waals surface area contributed by atoms with Crippen LogP contribution in [-0.4, -0.2) is 25.1 Å². The standard InChI is InChI=1S/C17H12ClF3N4O2.C3H8.C2H6/c1-10(26)9-24-16(27)25(12-4-2-11(3-5-12)17(19,20)21)15(23-24)13-6-7-22-8-14(13)18;1-3-2;1-2/h2-8H,9H2,1H3;3H2,1-2H3;1-2H3. The Bertz CT molecular complexity index is 1070. The molecule has 3 aromatic rings. The van der Waals surface area contributed by atoms with Crippen molar-refractivity contribution in [3.05, 3.63) is 63.8 Å². The molecule has 1 aromatic carbocycles. The van der Waals surface area contributed by atoms with Crippen LogP contribution in [0.2, 0.25) is 5.02 Å². The molecule has 174 valence electrons. The van der Waals surface area contributed by atoms with E-state index in [1.807, 2.05) is 13.8 Å². The minimum atomic E-state index is -4.50. The van der Waals surface area contributed by atoms with Gasteiger partial charge in [0, 0.05) is 18.0 Å². The minimum absolute atomic E-state index is 0.0911. The van der Waals surface area contributed by atoms with Crippen molar-refractivity contribution in [2.45, 2.75) is 53.8 Å². The Balaban J connectivity index is 0.000000944. The predicted molar refractivity (Wildman–Crippen MR) is 119 cm³/mol. The smallest absolute Gasteiger partial charge is 0.298 e. The molecule has 0 saturated heterocycles. The van der Waals surface area contributed by atoms with Crippen LogP contribution in [0.25, 0.3) is 17.1 Å². The summed E-state index contributed by atoms with van der Waals surface area (Å²) >= 11 is 6.13. The molecule has 0 amide bonds. The number of benzene rings is 1. The van der Waals surface area contributed by atoms with Gasteiger partial charge in [-0.2, -0.15) is 13.2 Å². The second-order valence-corrected chi connectivity index (χ2v) is 6.82. The van der Waals surface area contributed by atoms with Crippen molar-refractivity contribution in [3.63, 3.8) is 0 Å². The third kappa shape index (κ3) is 6.78. The van der Waals surface area contributed by atoms with Gasteiger partial charge in [-0.25, -0.2) is 14.0 Å². The quantitative estimate of drug-likeness (QED) is 0.483. The number of Topliss-reactive ketones (excluding diaryl/α,β-unsaturated/α-hetero) is 1. The van der Waals surface area contributed by atoms with Gasteiger partial charge in [-0.3, -0.25) is 9.78 Å². The first-order valence-electron chi connectivity index (χ1n) is 10.1. The van der Waals surface area contributed by atoms with Gasteiger partial charge in [0.2, 0.25) is 0 Å². The maximum atomic E-state index is 12.8. The van der Waals surface area contributed by atoms with Gasteiger partial charge in [-0.05, 0) is 37.3 Å². The number of ketones is 1. The van der Waals surface area contributed by atoms with Crippen LogP contribution in [0.1, 0.15) is 46.6 Å². The molecule has 0 aliphatic carbocycles. The molecule has 0 aliphatic rings. The van der Waals surface area contributed by atoms with Crippen molar-refractivity contribution in [3.8, 4) is 17.1 Å². The number of carbonyl (C=O) groups excluding carboxylic acids is 1. The lowest BCUT2D eigenvalue weighted by molar-refractivity contribution is -0.137. The Kier molecular flexibility index (Phi) is 10.3. The number of rotatable bonds is 4. The summed E-state index contributed by atoms with van der Waals surface area (Å²) in [6, 6.07) is 5.55. The van der Waals surface area contributed by atoms with E-state index in [9.17, 15) is 22.8 Å². The zero-order valence-electron chi connectivity index (χ0n) is 18.6. The molecule has 0 radical (unpaired) electrons. The normalized spacial score (nSPS) is 10.5. The number of hydrogen-bond donors (Lipinski definition) is 0. The molecule has 3 rings (SSSR count). The monoisotopic (exact) mass is 470 g/mol. The Labute approximate surface area is 189 Å². The van der Waals surface area contributed by atoms with E-state index in [4.69, 9.17) is 11.6 Å². The topological polar surface area (TPSA) is 69.8 Å². The number of hydrogen-bond acceptors (Lipinski definition) is 4. The summed E-state index contributed by atoms with van der Waals surface area (Å²) in [5.41, 5.74) is -1.01. The van der Waals surface area contributed by atoms with Gasteiger partial charge < -0.3 is 0 Å². The average Bonchev–Trinajstić information content (AvgIpc) is 3.05. The largest absolute Gasteiger partial charge is 0.416 e. The Hall–Kier alpha value is -2.94. The highest BCUT2D eigenvalue weighted by molar-refractivity contribution is 6.33. The molecule has 0 aliphatic heterocycles. The van der Waals surface area contributed by atoms with Gasteiger partial charge in [-0.15, -0.1) is 5.10 Å². The lowest BCUT2D eigenvalue weighted by Gasteiger charge is -2.09. The highest BCUT2D eigenvalue weighted by Gasteiger charge is 2.30. The third-order valence-electron chi connectivity index (χ3n) is 3.68. The zero-order valence-corrected chi connectivity index (χ0v) is 19.3. The second-order valence-electron chi connectivity index (χ2n) is 6.41. The molecule has 0 unspecified atom stereocenters. The van der Waals surface area contributed by atoms with Gasteiger partial charge >= 0.3 is 11.9 Å². The number of pyridine rings is 1. The molecule has 0 bridgehead atoms. The molecule has 0 fully saturated rings. The Morgan fingerprint density at radius 2 is 1.66 bits per heavy atom. The number of carbonyl (C=O) groups is 1. The molecule has 6 nitrogen and oxygen atoms in total. The third-order valence-corrected chi connectivity index (χ3v) is 3.98.